The Hall–Kier alpha value is -4.10. The van der Waals surface area contributed by atoms with E-state index in [2.05, 4.69) is 21.2 Å². The van der Waals surface area contributed by atoms with Gasteiger partial charge in [-0.1, -0.05) is 48.5 Å². The van der Waals surface area contributed by atoms with Gasteiger partial charge in [0.2, 0.25) is 0 Å². The van der Waals surface area contributed by atoms with Gasteiger partial charge >= 0.3 is 11.9 Å². The first-order valence-electron chi connectivity index (χ1n) is 10.4. The molecule has 168 valence electrons. The summed E-state index contributed by atoms with van der Waals surface area (Å²) in [7, 11) is 1.26. The molecule has 0 aromatic heterocycles. The third-order valence-corrected chi connectivity index (χ3v) is 6.48. The third-order valence-electron chi connectivity index (χ3n) is 5.63. The first-order valence-corrected chi connectivity index (χ1v) is 11.2. The maximum atomic E-state index is 12.2. The molecule has 7 heteroatoms. The van der Waals surface area contributed by atoms with Crippen molar-refractivity contribution in [2.45, 2.75) is 0 Å². The Morgan fingerprint density at radius 3 is 2.26 bits per heavy atom. The lowest BCUT2D eigenvalue weighted by Gasteiger charge is -2.24. The largest absolute Gasteiger partial charge is 0.478 e. The number of aromatic carboxylic acids is 1. The molecule has 1 heterocycles. The van der Waals surface area contributed by atoms with Crippen molar-refractivity contribution in [3.8, 4) is 33.8 Å². The number of hydrogen-bond donors (Lipinski definition) is 2. The molecule has 0 aliphatic carbocycles. The Morgan fingerprint density at radius 2 is 1.53 bits per heavy atom. The van der Waals surface area contributed by atoms with E-state index in [1.165, 1.54) is 13.2 Å². The zero-order chi connectivity index (χ0) is 23.8. The Morgan fingerprint density at radius 1 is 0.853 bits per heavy atom. The van der Waals surface area contributed by atoms with E-state index in [1.54, 1.807) is 6.07 Å². The highest BCUT2D eigenvalue weighted by Crippen LogP contribution is 2.46. The van der Waals surface area contributed by atoms with E-state index in [-0.39, 0.29) is 15.6 Å². The molecule has 4 aromatic carbocycles. The molecule has 34 heavy (non-hydrogen) atoms. The van der Waals surface area contributed by atoms with E-state index < -0.39 is 11.9 Å². The number of nitrogens with one attached hydrogen (secondary N) is 1. The van der Waals surface area contributed by atoms with Crippen molar-refractivity contribution in [3.63, 3.8) is 0 Å². The number of methoxy groups -OCH3 is 1. The molecule has 4 aromatic rings. The predicted octanol–water partition coefficient (Wildman–Crippen LogP) is 7.12. The van der Waals surface area contributed by atoms with Gasteiger partial charge in [-0.25, -0.2) is 9.59 Å². The molecule has 0 atom stereocenters. The Labute approximate surface area is 203 Å². The molecule has 0 saturated heterocycles. The Balaban J connectivity index is 1.54. The summed E-state index contributed by atoms with van der Waals surface area (Å²) in [6, 6.07) is 24.5. The second-order valence-electron chi connectivity index (χ2n) is 7.66. The van der Waals surface area contributed by atoms with E-state index >= 15 is 0 Å². The molecule has 0 unspecified atom stereocenters. The Bertz CT molecular complexity index is 1450. The van der Waals surface area contributed by atoms with Gasteiger partial charge in [0, 0.05) is 10.0 Å². The van der Waals surface area contributed by atoms with Crippen LogP contribution in [0.1, 0.15) is 20.7 Å². The van der Waals surface area contributed by atoms with Crippen molar-refractivity contribution < 1.29 is 24.2 Å². The highest BCUT2D eigenvalue weighted by atomic mass is 79.9. The molecule has 0 saturated carbocycles. The number of carboxylic acids is 1. The van der Waals surface area contributed by atoms with Crippen LogP contribution in [0.2, 0.25) is 0 Å². The van der Waals surface area contributed by atoms with Crippen LogP contribution < -0.4 is 10.1 Å². The second kappa shape index (κ2) is 8.68. The number of halogens is 1. The van der Waals surface area contributed by atoms with Crippen LogP contribution in [-0.4, -0.2) is 24.2 Å². The van der Waals surface area contributed by atoms with Crippen molar-refractivity contribution >= 4 is 39.2 Å². The minimum Gasteiger partial charge on any atom is -0.478 e. The zero-order valence-electron chi connectivity index (χ0n) is 18.0. The SMILES string of the molecule is COC(=O)c1cc(-c2ccc(-c3cccc4c3Nc3ccccc3O4)cc2)cc(C(=O)O)c1Br. The lowest BCUT2D eigenvalue weighted by molar-refractivity contribution is 0.0599. The molecule has 0 spiro atoms. The van der Waals surface area contributed by atoms with Crippen LogP contribution in [0.15, 0.2) is 83.3 Å². The lowest BCUT2D eigenvalue weighted by atomic mass is 9.96. The number of carbonyl (C=O) groups is 2. The summed E-state index contributed by atoms with van der Waals surface area (Å²) < 4.78 is 11.1. The van der Waals surface area contributed by atoms with Crippen LogP contribution in [0.5, 0.6) is 11.5 Å². The fourth-order valence-corrected chi connectivity index (χ4v) is 4.51. The van der Waals surface area contributed by atoms with Gasteiger partial charge in [-0.05, 0) is 63.0 Å². The highest BCUT2D eigenvalue weighted by Gasteiger charge is 2.21. The van der Waals surface area contributed by atoms with Crippen LogP contribution in [0.25, 0.3) is 22.3 Å². The molecule has 6 nitrogen and oxygen atoms in total. The van der Waals surface area contributed by atoms with Crippen LogP contribution in [0.3, 0.4) is 0 Å². The van der Waals surface area contributed by atoms with Gasteiger partial charge in [0.1, 0.15) is 0 Å². The minimum atomic E-state index is -1.14. The molecule has 0 fully saturated rings. The maximum Gasteiger partial charge on any atom is 0.339 e. The van der Waals surface area contributed by atoms with Gasteiger partial charge in [-0.2, -0.15) is 0 Å². The van der Waals surface area contributed by atoms with Crippen molar-refractivity contribution in [2.24, 2.45) is 0 Å². The minimum absolute atomic E-state index is 0.0147. The average molecular weight is 516 g/mol. The van der Waals surface area contributed by atoms with E-state index in [4.69, 9.17) is 9.47 Å². The summed E-state index contributed by atoms with van der Waals surface area (Å²) in [5.41, 5.74) is 5.19. The highest BCUT2D eigenvalue weighted by molar-refractivity contribution is 9.10. The van der Waals surface area contributed by atoms with Crippen LogP contribution >= 0.6 is 15.9 Å². The van der Waals surface area contributed by atoms with Gasteiger partial charge in [0.15, 0.2) is 11.5 Å². The van der Waals surface area contributed by atoms with Crippen molar-refractivity contribution in [1.82, 2.24) is 0 Å². The predicted molar refractivity (Wildman–Crippen MR) is 133 cm³/mol. The van der Waals surface area contributed by atoms with Crippen LogP contribution in [0, 0.1) is 0 Å². The molecule has 2 N–H and O–H groups in total. The van der Waals surface area contributed by atoms with E-state index in [9.17, 15) is 14.7 Å². The lowest BCUT2D eigenvalue weighted by Crippen LogP contribution is -2.07. The van der Waals surface area contributed by atoms with Crippen molar-refractivity contribution in [3.05, 3.63) is 94.5 Å². The van der Waals surface area contributed by atoms with Crippen molar-refractivity contribution in [2.75, 3.05) is 12.4 Å². The number of benzene rings is 4. The number of ether oxygens (including phenoxy) is 2. The number of hydrogen-bond acceptors (Lipinski definition) is 5. The number of esters is 1. The van der Waals surface area contributed by atoms with Gasteiger partial charge in [-0.3, -0.25) is 0 Å². The fourth-order valence-electron chi connectivity index (χ4n) is 3.95. The summed E-state index contributed by atoms with van der Waals surface area (Å²) in [6.45, 7) is 0. The summed E-state index contributed by atoms with van der Waals surface area (Å²) in [6.07, 6.45) is 0. The summed E-state index contributed by atoms with van der Waals surface area (Å²) in [5, 5.41) is 13.0. The Kier molecular flexibility index (Phi) is 5.55. The number of rotatable bonds is 4. The maximum absolute atomic E-state index is 12.2. The summed E-state index contributed by atoms with van der Waals surface area (Å²) in [5.74, 6) is -0.247. The molecule has 1 aliphatic rings. The van der Waals surface area contributed by atoms with Crippen LogP contribution in [0.4, 0.5) is 11.4 Å². The normalized spacial score (nSPS) is 11.5. The number of fused-ring (bicyclic) bond motifs is 2. The number of carbonyl (C=O) groups excluding carboxylic acids is 1. The first kappa shape index (κ1) is 21.7. The average Bonchev–Trinajstić information content (AvgIpc) is 2.86. The van der Waals surface area contributed by atoms with Gasteiger partial charge in [0.25, 0.3) is 0 Å². The van der Waals surface area contributed by atoms with Crippen molar-refractivity contribution in [1.29, 1.82) is 0 Å². The topological polar surface area (TPSA) is 84.9 Å². The molecule has 0 radical (unpaired) electrons. The number of para-hydroxylation sites is 3. The van der Waals surface area contributed by atoms with Gasteiger partial charge < -0.3 is 19.9 Å². The van der Waals surface area contributed by atoms with E-state index in [0.717, 1.165) is 39.6 Å². The molecular weight excluding hydrogens is 498 g/mol. The van der Waals surface area contributed by atoms with E-state index in [1.807, 2.05) is 66.7 Å². The smallest absolute Gasteiger partial charge is 0.339 e. The molecule has 5 rings (SSSR count). The summed E-state index contributed by atoms with van der Waals surface area (Å²) in [4.78, 5) is 23.9. The zero-order valence-corrected chi connectivity index (χ0v) is 19.5. The number of carboxylic acid groups (broad SMARTS) is 1. The quantitative estimate of drug-likeness (QED) is 0.248. The molecular formula is C27H18BrNO5. The van der Waals surface area contributed by atoms with Crippen LogP contribution in [-0.2, 0) is 4.74 Å². The van der Waals surface area contributed by atoms with E-state index in [0.29, 0.717) is 5.56 Å². The second-order valence-corrected chi connectivity index (χ2v) is 8.45. The third kappa shape index (κ3) is 3.80. The molecule has 0 bridgehead atoms. The monoisotopic (exact) mass is 515 g/mol. The fraction of sp³-hybridized carbons (Fsp3) is 0.0370. The number of anilines is 2. The first-order chi connectivity index (χ1) is 16.5. The molecule has 1 aliphatic heterocycles. The van der Waals surface area contributed by atoms with Gasteiger partial charge in [-0.15, -0.1) is 0 Å². The van der Waals surface area contributed by atoms with Gasteiger partial charge in [0.05, 0.1) is 29.6 Å². The standard InChI is InChI=1S/C27H18BrNO5/c1-33-27(32)20-14-17(13-19(24(20)28)26(30)31)15-9-11-16(12-10-15)18-5-4-8-23-25(18)29-21-6-2-3-7-22(21)34-23/h2-14,29H,1H3,(H,30,31). The molecule has 0 amide bonds. The summed E-state index contributed by atoms with van der Waals surface area (Å²) >= 11 is 3.22.